The molecule has 0 bridgehead atoms. The van der Waals surface area contributed by atoms with Crippen LogP contribution >= 0.6 is 11.8 Å². The summed E-state index contributed by atoms with van der Waals surface area (Å²) in [6, 6.07) is 5.95. The second-order valence-electron chi connectivity index (χ2n) is 6.82. The van der Waals surface area contributed by atoms with E-state index in [1.165, 1.54) is 40.7 Å². The van der Waals surface area contributed by atoms with Crippen LogP contribution in [-0.4, -0.2) is 32.6 Å². The number of carbonyl (C=O) groups is 1. The van der Waals surface area contributed by atoms with E-state index in [0.29, 0.717) is 16.7 Å². The molecule has 0 atom stereocenters. The summed E-state index contributed by atoms with van der Waals surface area (Å²) in [6.45, 7) is 2.35. The van der Waals surface area contributed by atoms with Gasteiger partial charge in [-0.15, -0.1) is 10.2 Å². The lowest BCUT2D eigenvalue weighted by Crippen LogP contribution is -2.38. The topological polar surface area (TPSA) is 95.1 Å². The molecule has 1 aromatic carbocycles. The van der Waals surface area contributed by atoms with E-state index in [9.17, 15) is 9.18 Å². The Labute approximate surface area is 161 Å². The number of hydrogen-bond donors (Lipinski definition) is 2. The first-order valence-corrected chi connectivity index (χ1v) is 9.99. The van der Waals surface area contributed by atoms with Crippen LogP contribution in [0, 0.1) is 11.7 Å². The predicted molar refractivity (Wildman–Crippen MR) is 101 cm³/mol. The summed E-state index contributed by atoms with van der Waals surface area (Å²) in [5.74, 6) is 7.54. The zero-order chi connectivity index (χ0) is 19.2. The summed E-state index contributed by atoms with van der Waals surface area (Å²) in [6.07, 6.45) is 4.39. The molecule has 1 heterocycles. The van der Waals surface area contributed by atoms with Gasteiger partial charge in [0.05, 0.1) is 5.75 Å². The Hall–Kier alpha value is -2.29. The van der Waals surface area contributed by atoms with Crippen molar-refractivity contribution in [2.75, 3.05) is 11.6 Å². The Morgan fingerprint density at radius 2 is 2.00 bits per heavy atom. The monoisotopic (exact) mass is 393 g/mol. The highest BCUT2D eigenvalue weighted by molar-refractivity contribution is 7.99. The lowest BCUT2D eigenvalue weighted by atomic mass is 9.87. The maximum Gasteiger partial charge on any atom is 0.230 e. The summed E-state index contributed by atoms with van der Waals surface area (Å²) >= 11 is 1.24. The van der Waals surface area contributed by atoms with Gasteiger partial charge in [0.1, 0.15) is 18.2 Å². The van der Waals surface area contributed by atoms with Crippen LogP contribution in [0.5, 0.6) is 5.75 Å². The largest absolute Gasteiger partial charge is 0.486 e. The van der Waals surface area contributed by atoms with Gasteiger partial charge in [0.25, 0.3) is 0 Å². The number of aromatic nitrogens is 3. The first-order chi connectivity index (χ1) is 13.0. The van der Waals surface area contributed by atoms with Gasteiger partial charge in [-0.3, -0.25) is 4.79 Å². The molecule has 1 aliphatic carbocycles. The number of nitrogens with two attached hydrogens (primary N) is 1. The molecule has 27 heavy (non-hydrogen) atoms. The van der Waals surface area contributed by atoms with Crippen molar-refractivity contribution in [1.82, 2.24) is 20.2 Å². The van der Waals surface area contributed by atoms with E-state index in [1.54, 1.807) is 0 Å². The van der Waals surface area contributed by atoms with Crippen molar-refractivity contribution in [2.45, 2.75) is 50.4 Å². The molecule has 0 spiro atoms. The van der Waals surface area contributed by atoms with E-state index < -0.39 is 0 Å². The molecule has 2 aromatic rings. The van der Waals surface area contributed by atoms with Crippen molar-refractivity contribution < 1.29 is 13.9 Å². The molecule has 1 amide bonds. The molecule has 1 fully saturated rings. The van der Waals surface area contributed by atoms with Gasteiger partial charge in [0.2, 0.25) is 11.1 Å². The van der Waals surface area contributed by atoms with Crippen LogP contribution in [0.3, 0.4) is 0 Å². The summed E-state index contributed by atoms with van der Waals surface area (Å²) in [4.78, 5) is 12.1. The Morgan fingerprint density at radius 1 is 1.30 bits per heavy atom. The lowest BCUT2D eigenvalue weighted by molar-refractivity contribution is -0.119. The summed E-state index contributed by atoms with van der Waals surface area (Å²) in [7, 11) is 0. The Morgan fingerprint density at radius 3 is 2.70 bits per heavy atom. The number of ether oxygens (including phenoxy) is 1. The first kappa shape index (κ1) is 19.5. The van der Waals surface area contributed by atoms with Crippen molar-refractivity contribution in [3.05, 3.63) is 35.9 Å². The highest BCUT2D eigenvalue weighted by atomic mass is 32.2. The molecule has 7 nitrogen and oxygen atoms in total. The normalized spacial score (nSPS) is 19.6. The molecule has 0 saturated heterocycles. The van der Waals surface area contributed by atoms with Crippen LogP contribution in [0.2, 0.25) is 0 Å². The number of nitrogens with zero attached hydrogens (tertiary/aromatic N) is 3. The summed E-state index contributed by atoms with van der Waals surface area (Å²) in [5, 5.41) is 11.5. The minimum absolute atomic E-state index is 0.0216. The molecule has 0 unspecified atom stereocenters. The maximum atomic E-state index is 12.9. The second kappa shape index (κ2) is 9.07. The second-order valence-corrected chi connectivity index (χ2v) is 7.77. The molecule has 146 valence electrons. The van der Waals surface area contributed by atoms with Crippen LogP contribution in [0.15, 0.2) is 29.4 Å². The van der Waals surface area contributed by atoms with Crippen LogP contribution in [0.1, 0.15) is 38.4 Å². The number of halogens is 1. The molecule has 1 aromatic heterocycles. The van der Waals surface area contributed by atoms with Gasteiger partial charge in [0.15, 0.2) is 5.82 Å². The van der Waals surface area contributed by atoms with Crippen LogP contribution < -0.4 is 15.9 Å². The third kappa shape index (κ3) is 5.59. The third-order valence-corrected chi connectivity index (χ3v) is 5.57. The van der Waals surface area contributed by atoms with Gasteiger partial charge in [-0.25, -0.2) is 9.07 Å². The number of nitrogen functional groups attached to an aromatic ring is 1. The minimum atomic E-state index is -0.330. The SMILES string of the molecule is CC1CCC(NC(=O)CSc2nnc(COc3ccc(F)cc3)n2N)CC1. The minimum Gasteiger partial charge on any atom is -0.486 e. The average molecular weight is 393 g/mol. The number of amides is 1. The van der Waals surface area contributed by atoms with Crippen LogP contribution in [-0.2, 0) is 11.4 Å². The number of rotatable bonds is 7. The number of thioether (sulfide) groups is 1. The zero-order valence-electron chi connectivity index (χ0n) is 15.2. The lowest BCUT2D eigenvalue weighted by Gasteiger charge is -2.26. The molecule has 1 aliphatic rings. The highest BCUT2D eigenvalue weighted by Gasteiger charge is 2.20. The molecular formula is C18H24FN5O2S. The van der Waals surface area contributed by atoms with Gasteiger partial charge >= 0.3 is 0 Å². The molecule has 0 radical (unpaired) electrons. The fourth-order valence-corrected chi connectivity index (χ4v) is 3.67. The molecule has 0 aliphatic heterocycles. The Balaban J connectivity index is 1.45. The number of benzene rings is 1. The van der Waals surface area contributed by atoms with E-state index in [-0.39, 0.29) is 30.1 Å². The van der Waals surface area contributed by atoms with E-state index in [2.05, 4.69) is 22.4 Å². The maximum absolute atomic E-state index is 12.9. The summed E-state index contributed by atoms with van der Waals surface area (Å²) < 4.78 is 19.7. The predicted octanol–water partition coefficient (Wildman–Crippen LogP) is 2.50. The van der Waals surface area contributed by atoms with Crippen molar-refractivity contribution >= 4 is 17.7 Å². The number of hydrogen-bond acceptors (Lipinski definition) is 6. The van der Waals surface area contributed by atoms with Crippen molar-refractivity contribution in [1.29, 1.82) is 0 Å². The first-order valence-electron chi connectivity index (χ1n) is 9.01. The standard InChI is InChI=1S/C18H24FN5O2S/c1-12-2-6-14(7-3-12)21-17(25)11-27-18-23-22-16(24(18)20)10-26-15-8-4-13(19)5-9-15/h4-5,8-9,12,14H,2-3,6-7,10-11,20H2,1H3,(H,21,25). The molecule has 1 saturated carbocycles. The van der Waals surface area contributed by atoms with E-state index in [4.69, 9.17) is 10.6 Å². The molecule has 9 heteroatoms. The Bertz CT molecular complexity index is 760. The van der Waals surface area contributed by atoms with Gasteiger partial charge < -0.3 is 15.9 Å². The van der Waals surface area contributed by atoms with Crippen LogP contribution in [0.25, 0.3) is 0 Å². The molecular weight excluding hydrogens is 369 g/mol. The highest BCUT2D eigenvalue weighted by Crippen LogP contribution is 2.23. The van der Waals surface area contributed by atoms with Crippen LogP contribution in [0.4, 0.5) is 4.39 Å². The van der Waals surface area contributed by atoms with Gasteiger partial charge in [-0.2, -0.15) is 0 Å². The molecule has 3 N–H and O–H groups in total. The van der Waals surface area contributed by atoms with Gasteiger partial charge in [0, 0.05) is 6.04 Å². The van der Waals surface area contributed by atoms with Crippen molar-refractivity contribution in [2.24, 2.45) is 5.92 Å². The van der Waals surface area contributed by atoms with E-state index >= 15 is 0 Å². The van der Waals surface area contributed by atoms with E-state index in [0.717, 1.165) is 31.6 Å². The Kier molecular flexibility index (Phi) is 6.54. The van der Waals surface area contributed by atoms with Crippen molar-refractivity contribution in [3.63, 3.8) is 0 Å². The van der Waals surface area contributed by atoms with Gasteiger partial charge in [-0.05, 0) is 55.9 Å². The quantitative estimate of drug-likeness (QED) is 0.554. The smallest absolute Gasteiger partial charge is 0.230 e. The number of nitrogens with one attached hydrogen (secondary N) is 1. The molecule has 3 rings (SSSR count). The zero-order valence-corrected chi connectivity index (χ0v) is 16.0. The van der Waals surface area contributed by atoms with Gasteiger partial charge in [-0.1, -0.05) is 18.7 Å². The van der Waals surface area contributed by atoms with E-state index in [1.807, 2.05) is 0 Å². The summed E-state index contributed by atoms with van der Waals surface area (Å²) in [5.41, 5.74) is 0. The van der Waals surface area contributed by atoms with Crippen molar-refractivity contribution in [3.8, 4) is 5.75 Å². The fraction of sp³-hybridized carbons (Fsp3) is 0.500. The average Bonchev–Trinajstić information content (AvgIpc) is 3.01. The number of carbonyl (C=O) groups excluding carboxylic acids is 1. The fourth-order valence-electron chi connectivity index (χ4n) is 2.99. The third-order valence-electron chi connectivity index (χ3n) is 4.63.